The third kappa shape index (κ3) is 3.03. The van der Waals surface area contributed by atoms with Crippen molar-refractivity contribution in [3.8, 4) is 0 Å². The number of benzene rings is 1. The predicted molar refractivity (Wildman–Crippen MR) is 81.6 cm³/mol. The summed E-state index contributed by atoms with van der Waals surface area (Å²) >= 11 is 5.79. The number of pyridine rings is 1. The van der Waals surface area contributed by atoms with Crippen LogP contribution in [0.1, 0.15) is 5.56 Å². The van der Waals surface area contributed by atoms with E-state index in [-0.39, 0.29) is 22.0 Å². The van der Waals surface area contributed by atoms with Gasteiger partial charge >= 0.3 is 0 Å². The number of anilines is 1. The molecule has 2 aromatic rings. The molecule has 23 heavy (non-hydrogen) atoms. The van der Waals surface area contributed by atoms with Crippen LogP contribution >= 0.6 is 11.6 Å². The maximum atomic E-state index is 13.4. The molecule has 0 atom stereocenters. The smallest absolute Gasteiger partial charge is 0.216 e. The van der Waals surface area contributed by atoms with E-state index in [2.05, 4.69) is 4.98 Å². The molecule has 3 rings (SSSR count). The van der Waals surface area contributed by atoms with Gasteiger partial charge in [0.05, 0.1) is 10.7 Å². The van der Waals surface area contributed by atoms with E-state index < -0.39 is 17.7 Å². The van der Waals surface area contributed by atoms with Gasteiger partial charge in [-0.25, -0.2) is 4.39 Å². The topological polar surface area (TPSA) is 36.4 Å². The Morgan fingerprint density at radius 2 is 1.78 bits per heavy atom. The van der Waals surface area contributed by atoms with Crippen LogP contribution < -0.4 is 4.90 Å². The number of nitrogens with zero attached hydrogens (tertiary/aromatic N) is 2. The molecule has 0 amide bonds. The lowest BCUT2D eigenvalue weighted by Crippen LogP contribution is -2.25. The lowest BCUT2D eigenvalue weighted by molar-refractivity contribution is 0.431. The van der Waals surface area contributed by atoms with Gasteiger partial charge in [0.2, 0.25) is 11.9 Å². The zero-order valence-electron chi connectivity index (χ0n) is 11.6. The number of halogens is 4. The van der Waals surface area contributed by atoms with Crippen molar-refractivity contribution in [1.82, 2.24) is 4.98 Å². The van der Waals surface area contributed by atoms with Crippen molar-refractivity contribution in [2.75, 3.05) is 11.4 Å². The average Bonchev–Trinajstić information content (AvgIpc) is 2.48. The highest BCUT2D eigenvalue weighted by Gasteiger charge is 2.22. The molecule has 1 aromatic heterocycles. The van der Waals surface area contributed by atoms with Crippen molar-refractivity contribution >= 4 is 23.0 Å². The molecular weight excluding hydrogens is 329 g/mol. The zero-order chi connectivity index (χ0) is 16.6. The van der Waals surface area contributed by atoms with Gasteiger partial charge in [0, 0.05) is 29.9 Å². The standard InChI is InChI=1S/C16H10ClF3N2O/c17-11-8-10(3-4-12(11)18)22-5-1-2-13(23)16(22)9-6-14(19)21-15(20)7-9/h1-4,6-8,23H,5H2. The van der Waals surface area contributed by atoms with Crippen LogP contribution in [0, 0.1) is 17.7 Å². The summed E-state index contributed by atoms with van der Waals surface area (Å²) in [7, 11) is 0. The van der Waals surface area contributed by atoms with Crippen LogP contribution in [0.2, 0.25) is 5.02 Å². The lowest BCUT2D eigenvalue weighted by Gasteiger charge is -2.29. The van der Waals surface area contributed by atoms with Crippen molar-refractivity contribution in [2.24, 2.45) is 0 Å². The van der Waals surface area contributed by atoms with Gasteiger partial charge in [-0.15, -0.1) is 0 Å². The van der Waals surface area contributed by atoms with E-state index in [1.807, 2.05) is 0 Å². The summed E-state index contributed by atoms with van der Waals surface area (Å²) in [5.41, 5.74) is 0.757. The minimum Gasteiger partial charge on any atom is -0.506 e. The van der Waals surface area contributed by atoms with Gasteiger partial charge in [-0.05, 0) is 24.3 Å². The minimum atomic E-state index is -1.01. The van der Waals surface area contributed by atoms with Crippen molar-refractivity contribution in [2.45, 2.75) is 0 Å². The van der Waals surface area contributed by atoms with E-state index >= 15 is 0 Å². The van der Waals surface area contributed by atoms with E-state index in [1.165, 1.54) is 24.3 Å². The van der Waals surface area contributed by atoms with Gasteiger partial charge in [0.25, 0.3) is 0 Å². The number of allylic oxidation sites excluding steroid dienone is 1. The van der Waals surface area contributed by atoms with Crippen LogP contribution in [0.25, 0.3) is 5.70 Å². The molecule has 2 heterocycles. The van der Waals surface area contributed by atoms with Crippen LogP contribution in [0.3, 0.4) is 0 Å². The summed E-state index contributed by atoms with van der Waals surface area (Å²) < 4.78 is 40.1. The SMILES string of the molecule is OC1=C(c2cc(F)nc(F)c2)N(c2ccc(F)c(Cl)c2)CC=C1. The van der Waals surface area contributed by atoms with Crippen molar-refractivity contribution < 1.29 is 18.3 Å². The molecule has 0 unspecified atom stereocenters. The number of rotatable bonds is 2. The third-order valence-electron chi connectivity index (χ3n) is 3.33. The van der Waals surface area contributed by atoms with Gasteiger partial charge < -0.3 is 10.0 Å². The second kappa shape index (κ2) is 5.96. The van der Waals surface area contributed by atoms with Crippen LogP contribution in [-0.4, -0.2) is 16.6 Å². The summed E-state index contributed by atoms with van der Waals surface area (Å²) in [5, 5.41) is 10.0. The molecule has 0 bridgehead atoms. The Balaban J connectivity index is 2.13. The summed E-state index contributed by atoms with van der Waals surface area (Å²) in [4.78, 5) is 4.60. The Labute approximate surface area is 135 Å². The first-order chi connectivity index (χ1) is 11.0. The van der Waals surface area contributed by atoms with Gasteiger partial charge in [-0.2, -0.15) is 13.8 Å². The molecule has 0 radical (unpaired) electrons. The summed E-state index contributed by atoms with van der Waals surface area (Å²) in [6, 6.07) is 6.02. The first kappa shape index (κ1) is 15.4. The summed E-state index contributed by atoms with van der Waals surface area (Å²) in [5.74, 6) is -2.78. The molecule has 0 saturated heterocycles. The zero-order valence-corrected chi connectivity index (χ0v) is 12.4. The molecule has 3 nitrogen and oxygen atoms in total. The molecule has 0 saturated carbocycles. The van der Waals surface area contributed by atoms with E-state index in [0.29, 0.717) is 12.2 Å². The third-order valence-corrected chi connectivity index (χ3v) is 3.62. The number of hydrogen-bond donors (Lipinski definition) is 1. The molecule has 1 aromatic carbocycles. The number of hydrogen-bond acceptors (Lipinski definition) is 3. The molecule has 1 N–H and O–H groups in total. The first-order valence-electron chi connectivity index (χ1n) is 6.61. The molecule has 0 spiro atoms. The Morgan fingerprint density at radius 1 is 1.09 bits per heavy atom. The summed E-state index contributed by atoms with van der Waals surface area (Å²) in [6.07, 6.45) is 3.08. The maximum absolute atomic E-state index is 13.4. The largest absolute Gasteiger partial charge is 0.506 e. The van der Waals surface area contributed by atoms with Gasteiger partial charge in [-0.1, -0.05) is 17.7 Å². The fourth-order valence-electron chi connectivity index (χ4n) is 2.37. The normalized spacial score (nSPS) is 14.5. The van der Waals surface area contributed by atoms with Crippen molar-refractivity contribution in [1.29, 1.82) is 0 Å². The van der Waals surface area contributed by atoms with Crippen molar-refractivity contribution in [3.05, 3.63) is 76.5 Å². The monoisotopic (exact) mass is 338 g/mol. The Bertz CT molecular complexity index is 816. The highest BCUT2D eigenvalue weighted by atomic mass is 35.5. The quantitative estimate of drug-likeness (QED) is 0.822. The fraction of sp³-hybridized carbons (Fsp3) is 0.0625. The highest BCUT2D eigenvalue weighted by molar-refractivity contribution is 6.31. The molecule has 7 heteroatoms. The van der Waals surface area contributed by atoms with E-state index in [1.54, 1.807) is 11.0 Å². The molecule has 1 aliphatic heterocycles. The minimum absolute atomic E-state index is 0.0945. The molecular formula is C16H10ClF3N2O. The maximum Gasteiger partial charge on any atom is 0.216 e. The molecule has 0 fully saturated rings. The molecule has 1 aliphatic rings. The number of aromatic nitrogens is 1. The van der Waals surface area contributed by atoms with E-state index in [9.17, 15) is 18.3 Å². The average molecular weight is 339 g/mol. The summed E-state index contributed by atoms with van der Waals surface area (Å²) in [6.45, 7) is 0.312. The van der Waals surface area contributed by atoms with Gasteiger partial charge in [-0.3, -0.25) is 0 Å². The second-order valence-corrected chi connectivity index (χ2v) is 5.25. The highest BCUT2D eigenvalue weighted by Crippen LogP contribution is 2.33. The Hall–Kier alpha value is -2.47. The Morgan fingerprint density at radius 3 is 2.43 bits per heavy atom. The van der Waals surface area contributed by atoms with Crippen LogP contribution in [0.4, 0.5) is 18.9 Å². The van der Waals surface area contributed by atoms with Gasteiger partial charge in [0.1, 0.15) is 11.6 Å². The van der Waals surface area contributed by atoms with E-state index in [4.69, 9.17) is 11.6 Å². The van der Waals surface area contributed by atoms with E-state index in [0.717, 1.165) is 12.1 Å². The van der Waals surface area contributed by atoms with Crippen molar-refractivity contribution in [3.63, 3.8) is 0 Å². The van der Waals surface area contributed by atoms with Crippen LogP contribution in [-0.2, 0) is 0 Å². The fourth-order valence-corrected chi connectivity index (χ4v) is 2.55. The van der Waals surface area contributed by atoms with Crippen LogP contribution in [0.15, 0.2) is 48.2 Å². The number of aliphatic hydroxyl groups excluding tert-OH is 1. The van der Waals surface area contributed by atoms with Crippen LogP contribution in [0.5, 0.6) is 0 Å². The van der Waals surface area contributed by atoms with Gasteiger partial charge in [0.15, 0.2) is 0 Å². The predicted octanol–water partition coefficient (Wildman–Crippen LogP) is 4.46. The lowest BCUT2D eigenvalue weighted by atomic mass is 10.1. The first-order valence-corrected chi connectivity index (χ1v) is 6.99. The number of aliphatic hydroxyl groups is 1. The molecule has 0 aliphatic carbocycles. The second-order valence-electron chi connectivity index (χ2n) is 4.85. The molecule has 118 valence electrons. The Kier molecular flexibility index (Phi) is 4.00.